The summed E-state index contributed by atoms with van der Waals surface area (Å²) in [5, 5.41) is 0. The number of nitrogens with zero attached hydrogens (tertiary/aromatic N) is 4. The van der Waals surface area contributed by atoms with Gasteiger partial charge in [-0.25, -0.2) is 14.4 Å². The van der Waals surface area contributed by atoms with E-state index in [4.69, 9.17) is 5.73 Å². The highest BCUT2D eigenvalue weighted by Gasteiger charge is 2.32. The molecule has 0 radical (unpaired) electrons. The second-order valence-electron chi connectivity index (χ2n) is 7.25. The van der Waals surface area contributed by atoms with Gasteiger partial charge in [0.2, 0.25) is 11.9 Å². The lowest BCUT2D eigenvalue weighted by molar-refractivity contribution is -0.131. The minimum atomic E-state index is -0.282. The monoisotopic (exact) mass is 369 g/mol. The number of nitrogens with two attached hydrogens (primary N) is 1. The number of halogens is 1. The molecule has 3 heterocycles. The molecule has 27 heavy (non-hydrogen) atoms. The highest BCUT2D eigenvalue weighted by molar-refractivity contribution is 5.78. The van der Waals surface area contributed by atoms with Crippen LogP contribution in [-0.2, 0) is 4.79 Å². The zero-order valence-corrected chi connectivity index (χ0v) is 15.3. The van der Waals surface area contributed by atoms with E-state index in [1.807, 2.05) is 4.90 Å². The largest absolute Gasteiger partial charge is 0.368 e. The molecule has 1 aromatic heterocycles. The van der Waals surface area contributed by atoms with E-state index in [9.17, 15) is 9.18 Å². The zero-order chi connectivity index (χ0) is 18.8. The van der Waals surface area contributed by atoms with E-state index < -0.39 is 0 Å². The molecule has 1 atom stereocenters. The molecular formula is C20H24FN5O. The van der Waals surface area contributed by atoms with E-state index in [0.29, 0.717) is 6.54 Å². The number of nitrogen functional groups attached to an aromatic ring is 1. The number of rotatable bonds is 4. The minimum Gasteiger partial charge on any atom is -0.368 e. The minimum absolute atomic E-state index is 0.0157. The summed E-state index contributed by atoms with van der Waals surface area (Å²) in [4.78, 5) is 25.4. The summed E-state index contributed by atoms with van der Waals surface area (Å²) in [6, 6.07) is 6.32. The van der Waals surface area contributed by atoms with Gasteiger partial charge in [0.15, 0.2) is 0 Å². The first-order chi connectivity index (χ1) is 13.1. The lowest BCUT2D eigenvalue weighted by Crippen LogP contribution is -2.39. The molecule has 7 heteroatoms. The van der Waals surface area contributed by atoms with Crippen molar-refractivity contribution in [2.45, 2.75) is 31.7 Å². The van der Waals surface area contributed by atoms with E-state index in [-0.39, 0.29) is 23.7 Å². The number of carbonyl (C=O) groups excluding carboxylic acids is 1. The van der Waals surface area contributed by atoms with Gasteiger partial charge in [0.1, 0.15) is 5.82 Å². The van der Waals surface area contributed by atoms with Crippen molar-refractivity contribution in [3.63, 3.8) is 0 Å². The fourth-order valence-corrected chi connectivity index (χ4v) is 4.08. The predicted molar refractivity (Wildman–Crippen MR) is 101 cm³/mol. The number of carbonyl (C=O) groups is 1. The fourth-order valence-electron chi connectivity index (χ4n) is 4.08. The summed E-state index contributed by atoms with van der Waals surface area (Å²) in [5.74, 6) is 0.119. The molecule has 0 spiro atoms. The van der Waals surface area contributed by atoms with Gasteiger partial charge < -0.3 is 10.6 Å². The third-order valence-electron chi connectivity index (χ3n) is 5.47. The van der Waals surface area contributed by atoms with Gasteiger partial charge in [-0.05, 0) is 49.9 Å². The van der Waals surface area contributed by atoms with Gasteiger partial charge in [0.05, 0.1) is 18.3 Å². The Bertz CT molecular complexity index is 820. The topological polar surface area (TPSA) is 75.3 Å². The van der Waals surface area contributed by atoms with Crippen molar-refractivity contribution in [1.82, 2.24) is 19.8 Å². The van der Waals surface area contributed by atoms with Crippen LogP contribution >= 0.6 is 0 Å². The van der Waals surface area contributed by atoms with Crippen LogP contribution in [-0.4, -0.2) is 51.9 Å². The first-order valence-electron chi connectivity index (χ1n) is 9.52. The highest BCUT2D eigenvalue weighted by atomic mass is 19.1. The number of anilines is 1. The Morgan fingerprint density at radius 3 is 2.63 bits per heavy atom. The van der Waals surface area contributed by atoms with Crippen LogP contribution in [0.1, 0.15) is 37.4 Å². The Morgan fingerprint density at radius 2 is 1.89 bits per heavy atom. The van der Waals surface area contributed by atoms with Crippen LogP contribution in [0.4, 0.5) is 10.3 Å². The highest BCUT2D eigenvalue weighted by Crippen LogP contribution is 2.36. The van der Waals surface area contributed by atoms with Gasteiger partial charge in [0, 0.05) is 24.8 Å². The lowest BCUT2D eigenvalue weighted by atomic mass is 10.00. The van der Waals surface area contributed by atoms with Crippen molar-refractivity contribution in [3.8, 4) is 11.1 Å². The summed E-state index contributed by atoms with van der Waals surface area (Å²) in [7, 11) is 0. The number of aromatic nitrogens is 2. The molecule has 0 aliphatic carbocycles. The molecule has 1 aromatic carbocycles. The predicted octanol–water partition coefficient (Wildman–Crippen LogP) is 2.62. The van der Waals surface area contributed by atoms with Gasteiger partial charge in [0.25, 0.3) is 0 Å². The number of benzene rings is 1. The van der Waals surface area contributed by atoms with Gasteiger partial charge in [-0.15, -0.1) is 0 Å². The molecule has 4 rings (SSSR count). The van der Waals surface area contributed by atoms with E-state index in [2.05, 4.69) is 14.9 Å². The maximum absolute atomic E-state index is 13.3. The van der Waals surface area contributed by atoms with Gasteiger partial charge in [-0.3, -0.25) is 9.69 Å². The van der Waals surface area contributed by atoms with Crippen LogP contribution in [0.15, 0.2) is 30.5 Å². The Balaban J connectivity index is 1.62. The molecular weight excluding hydrogens is 345 g/mol. The molecule has 142 valence electrons. The Morgan fingerprint density at radius 1 is 1.15 bits per heavy atom. The first kappa shape index (κ1) is 17.9. The molecule has 2 aromatic rings. The SMILES string of the molecule is Nc1ncc(-c2ccc(F)cc2)c([C@@H]2CCCN2CC(=O)N2CCCC2)n1. The van der Waals surface area contributed by atoms with Crippen molar-refractivity contribution in [2.75, 3.05) is 31.9 Å². The molecule has 0 bridgehead atoms. The average Bonchev–Trinajstić information content (AvgIpc) is 3.34. The summed E-state index contributed by atoms with van der Waals surface area (Å²) in [6.45, 7) is 2.98. The number of hydrogen-bond acceptors (Lipinski definition) is 5. The van der Waals surface area contributed by atoms with Crippen LogP contribution in [0.25, 0.3) is 11.1 Å². The van der Waals surface area contributed by atoms with Crippen molar-refractivity contribution in [2.24, 2.45) is 0 Å². The molecule has 6 nitrogen and oxygen atoms in total. The average molecular weight is 369 g/mol. The van der Waals surface area contributed by atoms with Crippen LogP contribution in [0.2, 0.25) is 0 Å². The number of hydrogen-bond donors (Lipinski definition) is 1. The third kappa shape index (κ3) is 3.78. The summed E-state index contributed by atoms with van der Waals surface area (Å²) >= 11 is 0. The fraction of sp³-hybridized carbons (Fsp3) is 0.450. The van der Waals surface area contributed by atoms with E-state index in [0.717, 1.165) is 62.1 Å². The Labute approximate surface area is 158 Å². The van der Waals surface area contributed by atoms with Crippen molar-refractivity contribution >= 4 is 11.9 Å². The smallest absolute Gasteiger partial charge is 0.236 e. The van der Waals surface area contributed by atoms with E-state index in [1.54, 1.807) is 18.3 Å². The van der Waals surface area contributed by atoms with Crippen molar-refractivity contribution < 1.29 is 9.18 Å². The Hall–Kier alpha value is -2.54. The van der Waals surface area contributed by atoms with Crippen LogP contribution < -0.4 is 5.73 Å². The zero-order valence-electron chi connectivity index (χ0n) is 15.3. The quantitative estimate of drug-likeness (QED) is 0.897. The van der Waals surface area contributed by atoms with Crippen LogP contribution in [0.3, 0.4) is 0 Å². The molecule has 2 saturated heterocycles. The van der Waals surface area contributed by atoms with Crippen LogP contribution in [0, 0.1) is 5.82 Å². The first-order valence-corrected chi connectivity index (χ1v) is 9.52. The summed E-state index contributed by atoms with van der Waals surface area (Å²) in [6.07, 6.45) is 5.80. The summed E-state index contributed by atoms with van der Waals surface area (Å²) in [5.41, 5.74) is 8.38. The maximum atomic E-state index is 13.3. The molecule has 0 unspecified atom stereocenters. The maximum Gasteiger partial charge on any atom is 0.236 e. The lowest BCUT2D eigenvalue weighted by Gasteiger charge is -2.27. The van der Waals surface area contributed by atoms with E-state index >= 15 is 0 Å². The van der Waals surface area contributed by atoms with Gasteiger partial charge in [-0.1, -0.05) is 12.1 Å². The van der Waals surface area contributed by atoms with Gasteiger partial charge in [-0.2, -0.15) is 0 Å². The normalized spacial score (nSPS) is 20.3. The van der Waals surface area contributed by atoms with E-state index in [1.165, 1.54) is 12.1 Å². The molecule has 2 aliphatic heterocycles. The second-order valence-corrected chi connectivity index (χ2v) is 7.25. The van der Waals surface area contributed by atoms with Crippen molar-refractivity contribution in [3.05, 3.63) is 42.0 Å². The Kier molecular flexibility index (Phi) is 5.03. The second kappa shape index (κ2) is 7.60. The molecule has 0 saturated carbocycles. The molecule has 2 N–H and O–H groups in total. The molecule has 2 fully saturated rings. The van der Waals surface area contributed by atoms with Crippen LogP contribution in [0.5, 0.6) is 0 Å². The van der Waals surface area contributed by atoms with Crippen molar-refractivity contribution in [1.29, 1.82) is 0 Å². The number of amides is 1. The number of likely N-dealkylation sites (tertiary alicyclic amines) is 2. The standard InChI is InChI=1S/C20H24FN5O/c21-15-7-5-14(6-8-15)16-12-23-20(22)24-19(16)17-4-3-11-26(17)13-18(27)25-9-1-2-10-25/h5-8,12,17H,1-4,9-11,13H2,(H2,22,23,24)/t17-/m0/s1. The molecule has 1 amide bonds. The molecule has 2 aliphatic rings. The summed E-state index contributed by atoms with van der Waals surface area (Å²) < 4.78 is 13.3. The third-order valence-corrected chi connectivity index (χ3v) is 5.47. The van der Waals surface area contributed by atoms with Gasteiger partial charge >= 0.3 is 0 Å².